The number of anilines is 1. The number of benzene rings is 2. The van der Waals surface area contributed by atoms with Gasteiger partial charge in [-0.3, -0.25) is 4.99 Å². The van der Waals surface area contributed by atoms with Crippen molar-refractivity contribution in [3.05, 3.63) is 60.2 Å². The van der Waals surface area contributed by atoms with Gasteiger partial charge in [0, 0.05) is 11.4 Å². The van der Waals surface area contributed by atoms with Crippen LogP contribution in [0.5, 0.6) is 5.75 Å². The number of nitrogens with zero attached hydrogens (tertiary/aromatic N) is 2. The summed E-state index contributed by atoms with van der Waals surface area (Å²) in [4.78, 5) is 6.84. The fourth-order valence-electron chi connectivity index (χ4n) is 3.45. The second-order valence-electron chi connectivity index (χ2n) is 6.84. The molecule has 0 aliphatic carbocycles. The zero-order chi connectivity index (χ0) is 18.9. The predicted molar refractivity (Wildman–Crippen MR) is 112 cm³/mol. The Hall–Kier alpha value is -1.99. The molecule has 4 rings (SSSR count). The maximum atomic E-state index is 12.1. The van der Waals surface area contributed by atoms with Crippen molar-refractivity contribution < 1.29 is 13.2 Å². The van der Waals surface area contributed by atoms with E-state index in [1.165, 1.54) is 5.56 Å². The van der Waals surface area contributed by atoms with E-state index < -0.39 is 9.84 Å². The molecule has 0 radical (unpaired) electrons. The van der Waals surface area contributed by atoms with Crippen LogP contribution in [0.4, 0.5) is 5.69 Å². The SMILES string of the molecule is Cc1ccc(N2C(SCCOc3ccccc3)=N[C@H]3CS(=O)(=O)C[C@H]32)cc1. The fourth-order valence-corrected chi connectivity index (χ4v) is 6.23. The van der Waals surface area contributed by atoms with E-state index in [1.54, 1.807) is 11.8 Å². The summed E-state index contributed by atoms with van der Waals surface area (Å²) in [6.45, 7) is 2.62. The maximum absolute atomic E-state index is 12.1. The van der Waals surface area contributed by atoms with Gasteiger partial charge >= 0.3 is 0 Å². The van der Waals surface area contributed by atoms with E-state index in [2.05, 4.69) is 4.90 Å². The first-order valence-corrected chi connectivity index (χ1v) is 11.8. The van der Waals surface area contributed by atoms with Crippen molar-refractivity contribution in [2.45, 2.75) is 19.0 Å². The van der Waals surface area contributed by atoms with Crippen LogP contribution >= 0.6 is 11.8 Å². The van der Waals surface area contributed by atoms with E-state index in [0.29, 0.717) is 6.61 Å². The van der Waals surface area contributed by atoms with Gasteiger partial charge in [0.25, 0.3) is 0 Å². The van der Waals surface area contributed by atoms with Crippen LogP contribution in [-0.2, 0) is 9.84 Å². The lowest BCUT2D eigenvalue weighted by Crippen LogP contribution is -2.39. The number of para-hydroxylation sites is 1. The highest BCUT2D eigenvalue weighted by Gasteiger charge is 2.47. The molecule has 1 fully saturated rings. The van der Waals surface area contributed by atoms with Crippen molar-refractivity contribution in [2.75, 3.05) is 28.8 Å². The molecule has 2 aromatic carbocycles. The third-order valence-corrected chi connectivity index (χ3v) is 7.38. The molecule has 0 unspecified atom stereocenters. The standard InChI is InChI=1S/C20H22N2O3S2/c1-15-7-9-16(10-8-15)22-19-14-27(23,24)13-18(19)21-20(22)26-12-11-25-17-5-3-2-4-6-17/h2-10,18-19H,11-14H2,1H3/t18-,19+/m0/s1. The summed E-state index contributed by atoms with van der Waals surface area (Å²) >= 11 is 1.62. The highest BCUT2D eigenvalue weighted by molar-refractivity contribution is 8.14. The van der Waals surface area contributed by atoms with Crippen LogP contribution in [0.1, 0.15) is 5.56 Å². The van der Waals surface area contributed by atoms with Crippen LogP contribution in [0.2, 0.25) is 0 Å². The van der Waals surface area contributed by atoms with Gasteiger partial charge in [-0.25, -0.2) is 8.42 Å². The first kappa shape index (κ1) is 18.4. The number of sulfone groups is 1. The van der Waals surface area contributed by atoms with Gasteiger partial charge < -0.3 is 9.64 Å². The topological polar surface area (TPSA) is 59.0 Å². The first-order valence-electron chi connectivity index (χ1n) is 8.97. The van der Waals surface area contributed by atoms with Crippen LogP contribution < -0.4 is 9.64 Å². The third-order valence-electron chi connectivity index (χ3n) is 4.75. The molecule has 27 heavy (non-hydrogen) atoms. The van der Waals surface area contributed by atoms with Crippen molar-refractivity contribution in [3.8, 4) is 5.75 Å². The minimum absolute atomic E-state index is 0.102. The van der Waals surface area contributed by atoms with Gasteiger partial charge in [0.2, 0.25) is 0 Å². The van der Waals surface area contributed by atoms with Gasteiger partial charge in [0.1, 0.15) is 5.75 Å². The minimum Gasteiger partial charge on any atom is -0.493 e. The molecule has 2 aromatic rings. The quantitative estimate of drug-likeness (QED) is 0.719. The fraction of sp³-hybridized carbons (Fsp3) is 0.350. The Morgan fingerprint density at radius 2 is 1.85 bits per heavy atom. The number of hydrogen-bond acceptors (Lipinski definition) is 6. The number of fused-ring (bicyclic) bond motifs is 1. The van der Waals surface area contributed by atoms with Crippen LogP contribution in [0.25, 0.3) is 0 Å². The molecule has 2 aliphatic rings. The molecule has 142 valence electrons. The van der Waals surface area contributed by atoms with Crippen molar-refractivity contribution in [2.24, 2.45) is 4.99 Å². The van der Waals surface area contributed by atoms with E-state index in [0.717, 1.165) is 22.4 Å². The van der Waals surface area contributed by atoms with Crippen molar-refractivity contribution in [3.63, 3.8) is 0 Å². The zero-order valence-electron chi connectivity index (χ0n) is 15.1. The van der Waals surface area contributed by atoms with E-state index in [4.69, 9.17) is 9.73 Å². The maximum Gasteiger partial charge on any atom is 0.164 e. The molecule has 0 aromatic heterocycles. The normalized spacial score (nSPS) is 23.1. The zero-order valence-corrected chi connectivity index (χ0v) is 16.7. The minimum atomic E-state index is -3.02. The summed E-state index contributed by atoms with van der Waals surface area (Å²) in [5.41, 5.74) is 2.18. The molecule has 2 atom stereocenters. The van der Waals surface area contributed by atoms with Gasteiger partial charge in [-0.05, 0) is 31.2 Å². The van der Waals surface area contributed by atoms with Gasteiger partial charge in [0.05, 0.1) is 30.2 Å². The van der Waals surface area contributed by atoms with Crippen LogP contribution in [-0.4, -0.2) is 49.5 Å². The number of aryl methyl sites for hydroxylation is 1. The number of hydrogen-bond donors (Lipinski definition) is 0. The van der Waals surface area contributed by atoms with Crippen LogP contribution in [0, 0.1) is 6.92 Å². The summed E-state index contributed by atoms with van der Waals surface area (Å²) in [6, 6.07) is 17.6. The molecule has 5 nitrogen and oxygen atoms in total. The monoisotopic (exact) mass is 402 g/mol. The average molecular weight is 403 g/mol. The van der Waals surface area contributed by atoms with Gasteiger partial charge in [-0.1, -0.05) is 47.7 Å². The van der Waals surface area contributed by atoms with Gasteiger partial charge in [0.15, 0.2) is 15.0 Å². The van der Waals surface area contributed by atoms with Gasteiger partial charge in [-0.15, -0.1) is 0 Å². The summed E-state index contributed by atoms with van der Waals surface area (Å²) in [5, 5.41) is 0.889. The van der Waals surface area contributed by atoms with E-state index in [-0.39, 0.29) is 23.6 Å². The van der Waals surface area contributed by atoms with E-state index >= 15 is 0 Å². The first-order chi connectivity index (χ1) is 13.0. The average Bonchev–Trinajstić information content (AvgIpc) is 3.11. The molecule has 2 heterocycles. The second-order valence-corrected chi connectivity index (χ2v) is 10.1. The van der Waals surface area contributed by atoms with Crippen molar-refractivity contribution in [1.29, 1.82) is 0 Å². The smallest absolute Gasteiger partial charge is 0.164 e. The molecule has 0 N–H and O–H groups in total. The Kier molecular flexibility index (Phi) is 5.14. The molecular formula is C20H22N2O3S2. The summed E-state index contributed by atoms with van der Waals surface area (Å²) < 4.78 is 29.9. The molecule has 0 bridgehead atoms. The Labute approximate surface area is 164 Å². The molecule has 0 amide bonds. The Morgan fingerprint density at radius 3 is 2.59 bits per heavy atom. The Morgan fingerprint density at radius 1 is 1.11 bits per heavy atom. The molecular weight excluding hydrogens is 380 g/mol. The second kappa shape index (κ2) is 7.56. The van der Waals surface area contributed by atoms with Crippen molar-refractivity contribution >= 4 is 32.5 Å². The van der Waals surface area contributed by atoms with Crippen LogP contribution in [0.15, 0.2) is 59.6 Å². The Balaban J connectivity index is 1.46. The lowest BCUT2D eigenvalue weighted by molar-refractivity contribution is 0.344. The summed E-state index contributed by atoms with van der Waals surface area (Å²) in [6.07, 6.45) is 0. The number of amidine groups is 1. The number of thioether (sulfide) groups is 1. The molecule has 7 heteroatoms. The number of aliphatic imine (C=N–C) groups is 1. The summed E-state index contributed by atoms with van der Waals surface area (Å²) in [7, 11) is -3.02. The number of rotatable bonds is 5. The summed E-state index contributed by atoms with van der Waals surface area (Å²) in [5.74, 6) is 1.91. The van der Waals surface area contributed by atoms with Crippen LogP contribution in [0.3, 0.4) is 0 Å². The molecule has 0 saturated carbocycles. The number of ether oxygens (including phenoxy) is 1. The molecule has 2 aliphatic heterocycles. The molecule has 1 saturated heterocycles. The van der Waals surface area contributed by atoms with Gasteiger partial charge in [-0.2, -0.15) is 0 Å². The van der Waals surface area contributed by atoms with Crippen molar-refractivity contribution in [1.82, 2.24) is 0 Å². The lowest BCUT2D eigenvalue weighted by Gasteiger charge is -2.26. The highest BCUT2D eigenvalue weighted by atomic mass is 32.2. The Bertz CT molecular complexity index is 927. The third kappa shape index (κ3) is 4.14. The van der Waals surface area contributed by atoms with E-state index in [9.17, 15) is 8.42 Å². The highest BCUT2D eigenvalue weighted by Crippen LogP contribution is 2.35. The molecule has 0 spiro atoms. The lowest BCUT2D eigenvalue weighted by atomic mass is 10.1. The van der Waals surface area contributed by atoms with E-state index in [1.807, 2.05) is 61.5 Å². The largest absolute Gasteiger partial charge is 0.493 e. The predicted octanol–water partition coefficient (Wildman–Crippen LogP) is 3.15.